The van der Waals surface area contributed by atoms with Gasteiger partial charge in [0.25, 0.3) is 0 Å². The number of rotatable bonds is 4. The third-order valence-electron chi connectivity index (χ3n) is 3.89. The summed E-state index contributed by atoms with van der Waals surface area (Å²) < 4.78 is 1.87. The van der Waals surface area contributed by atoms with Gasteiger partial charge < -0.3 is 11.1 Å². The van der Waals surface area contributed by atoms with E-state index in [1.807, 2.05) is 4.68 Å². The van der Waals surface area contributed by atoms with E-state index in [4.69, 9.17) is 5.73 Å². The molecule has 2 rings (SSSR count). The number of hydrogen-bond acceptors (Lipinski definition) is 4. The zero-order valence-electron chi connectivity index (χ0n) is 11.8. The lowest BCUT2D eigenvalue weighted by molar-refractivity contribution is -0.125. The summed E-state index contributed by atoms with van der Waals surface area (Å²) in [4.78, 5) is 11.8. The van der Waals surface area contributed by atoms with E-state index < -0.39 is 0 Å². The highest BCUT2D eigenvalue weighted by Gasteiger charge is 2.39. The number of hydrogen-bond donors (Lipinski definition) is 2. The maximum Gasteiger partial charge on any atom is 0.222 e. The molecule has 1 aromatic heterocycles. The van der Waals surface area contributed by atoms with Crippen LogP contribution in [0.5, 0.6) is 0 Å². The van der Waals surface area contributed by atoms with Gasteiger partial charge >= 0.3 is 0 Å². The number of nitrogens with two attached hydrogens (primary N) is 1. The van der Waals surface area contributed by atoms with Crippen molar-refractivity contribution in [1.29, 1.82) is 0 Å². The van der Waals surface area contributed by atoms with Crippen LogP contribution in [0.1, 0.15) is 45.3 Å². The molecule has 4 atom stereocenters. The lowest BCUT2D eigenvalue weighted by Crippen LogP contribution is -2.49. The molecular weight excluding hydrogens is 242 g/mol. The largest absolute Gasteiger partial charge is 0.369 e. The molecule has 3 N–H and O–H groups in total. The zero-order chi connectivity index (χ0) is 14.0. The first-order valence-electron chi connectivity index (χ1n) is 6.98. The second-order valence-corrected chi connectivity index (χ2v) is 5.57. The molecule has 0 aliphatic carbocycles. The highest BCUT2D eigenvalue weighted by Crippen LogP contribution is 2.35. The SMILES string of the molecule is CCCn1nncc1C1NC(C)CC(C)C1C(N)=O. The lowest BCUT2D eigenvalue weighted by atomic mass is 9.77. The van der Waals surface area contributed by atoms with Crippen molar-refractivity contribution in [2.75, 3.05) is 0 Å². The van der Waals surface area contributed by atoms with Gasteiger partial charge in [-0.25, -0.2) is 4.68 Å². The summed E-state index contributed by atoms with van der Waals surface area (Å²) in [5.74, 6) is -0.185. The molecule has 2 heterocycles. The Morgan fingerprint density at radius 1 is 1.58 bits per heavy atom. The van der Waals surface area contributed by atoms with Gasteiger partial charge in [0.05, 0.1) is 23.9 Å². The van der Waals surface area contributed by atoms with Crippen LogP contribution in [-0.4, -0.2) is 26.9 Å². The van der Waals surface area contributed by atoms with E-state index in [0.29, 0.717) is 6.04 Å². The van der Waals surface area contributed by atoms with Gasteiger partial charge in [0.1, 0.15) is 0 Å². The number of carbonyl (C=O) groups excluding carboxylic acids is 1. The first-order valence-corrected chi connectivity index (χ1v) is 6.98. The number of aryl methyl sites for hydroxylation is 1. The molecular formula is C13H23N5O. The van der Waals surface area contributed by atoms with Crippen molar-refractivity contribution in [3.8, 4) is 0 Å². The average Bonchev–Trinajstić information content (AvgIpc) is 2.75. The number of piperidine rings is 1. The maximum atomic E-state index is 11.8. The Morgan fingerprint density at radius 3 is 2.95 bits per heavy atom. The third kappa shape index (κ3) is 2.78. The molecule has 4 unspecified atom stereocenters. The number of aromatic nitrogens is 3. The highest BCUT2D eigenvalue weighted by molar-refractivity contribution is 5.78. The van der Waals surface area contributed by atoms with E-state index in [2.05, 4.69) is 36.4 Å². The Balaban J connectivity index is 2.32. The molecule has 106 valence electrons. The van der Waals surface area contributed by atoms with Gasteiger partial charge in [0.2, 0.25) is 5.91 Å². The van der Waals surface area contributed by atoms with Gasteiger partial charge in [-0.05, 0) is 25.7 Å². The van der Waals surface area contributed by atoms with Gasteiger partial charge in [-0.2, -0.15) is 0 Å². The second-order valence-electron chi connectivity index (χ2n) is 5.57. The first kappa shape index (κ1) is 14.0. The van der Waals surface area contributed by atoms with Gasteiger partial charge in [-0.3, -0.25) is 4.79 Å². The molecule has 1 aliphatic heterocycles. The van der Waals surface area contributed by atoms with Crippen LogP contribution in [0.25, 0.3) is 0 Å². The van der Waals surface area contributed by atoms with E-state index in [1.165, 1.54) is 0 Å². The van der Waals surface area contributed by atoms with Crippen LogP contribution in [0.15, 0.2) is 6.20 Å². The number of amides is 1. The van der Waals surface area contributed by atoms with Gasteiger partial charge in [-0.1, -0.05) is 19.1 Å². The molecule has 19 heavy (non-hydrogen) atoms. The van der Waals surface area contributed by atoms with E-state index in [0.717, 1.165) is 25.1 Å². The van der Waals surface area contributed by atoms with Gasteiger partial charge in [0, 0.05) is 12.6 Å². The van der Waals surface area contributed by atoms with Crippen molar-refractivity contribution in [3.05, 3.63) is 11.9 Å². The predicted molar refractivity (Wildman–Crippen MR) is 72.1 cm³/mol. The van der Waals surface area contributed by atoms with Crippen molar-refractivity contribution in [1.82, 2.24) is 20.3 Å². The smallest absolute Gasteiger partial charge is 0.222 e. The summed E-state index contributed by atoms with van der Waals surface area (Å²) in [5.41, 5.74) is 6.56. The molecule has 0 bridgehead atoms. The van der Waals surface area contributed by atoms with Crippen LogP contribution in [0.3, 0.4) is 0 Å². The van der Waals surface area contributed by atoms with Crippen LogP contribution in [-0.2, 0) is 11.3 Å². The Bertz CT molecular complexity index is 444. The van der Waals surface area contributed by atoms with Gasteiger partial charge in [-0.15, -0.1) is 5.10 Å². The summed E-state index contributed by atoms with van der Waals surface area (Å²) in [7, 11) is 0. The summed E-state index contributed by atoms with van der Waals surface area (Å²) in [6.45, 7) is 7.13. The van der Waals surface area contributed by atoms with Crippen molar-refractivity contribution >= 4 is 5.91 Å². The Kier molecular flexibility index (Phi) is 4.19. The molecule has 1 saturated heterocycles. The quantitative estimate of drug-likeness (QED) is 0.845. The van der Waals surface area contributed by atoms with E-state index in [9.17, 15) is 4.79 Å². The normalized spacial score (nSPS) is 31.3. The molecule has 0 radical (unpaired) electrons. The van der Waals surface area contributed by atoms with Gasteiger partial charge in [0.15, 0.2) is 0 Å². The Labute approximate surface area is 113 Å². The molecule has 6 nitrogen and oxygen atoms in total. The Hall–Kier alpha value is -1.43. The molecule has 0 saturated carbocycles. The van der Waals surface area contributed by atoms with Crippen LogP contribution in [0, 0.1) is 11.8 Å². The van der Waals surface area contributed by atoms with Crippen LogP contribution >= 0.6 is 0 Å². The highest BCUT2D eigenvalue weighted by atomic mass is 16.1. The minimum Gasteiger partial charge on any atom is -0.369 e. The van der Waals surface area contributed by atoms with Crippen LogP contribution < -0.4 is 11.1 Å². The molecule has 1 amide bonds. The monoisotopic (exact) mass is 265 g/mol. The van der Waals surface area contributed by atoms with E-state index >= 15 is 0 Å². The van der Waals surface area contributed by atoms with Crippen molar-refractivity contribution < 1.29 is 4.79 Å². The van der Waals surface area contributed by atoms with E-state index in [-0.39, 0.29) is 23.8 Å². The zero-order valence-corrected chi connectivity index (χ0v) is 11.8. The van der Waals surface area contributed by atoms with Crippen molar-refractivity contribution in [3.63, 3.8) is 0 Å². The maximum absolute atomic E-state index is 11.8. The molecule has 1 aliphatic rings. The average molecular weight is 265 g/mol. The molecule has 0 spiro atoms. The fourth-order valence-electron chi connectivity index (χ4n) is 3.12. The minimum absolute atomic E-state index is 0.0854. The Morgan fingerprint density at radius 2 is 2.32 bits per heavy atom. The lowest BCUT2D eigenvalue weighted by Gasteiger charge is -2.38. The predicted octanol–water partition coefficient (Wildman–Crippen LogP) is 0.849. The van der Waals surface area contributed by atoms with Crippen LogP contribution in [0.2, 0.25) is 0 Å². The first-order chi connectivity index (χ1) is 9.04. The standard InChI is InChI=1S/C13H23N5O/c1-4-5-18-10(7-15-17-18)12-11(13(14)19)8(2)6-9(3)16-12/h7-9,11-12,16H,4-6H2,1-3H3,(H2,14,19). The molecule has 6 heteroatoms. The number of carbonyl (C=O) groups is 1. The third-order valence-corrected chi connectivity index (χ3v) is 3.89. The van der Waals surface area contributed by atoms with E-state index in [1.54, 1.807) is 6.20 Å². The number of nitrogens with zero attached hydrogens (tertiary/aromatic N) is 3. The summed E-state index contributed by atoms with van der Waals surface area (Å²) >= 11 is 0. The fourth-order valence-corrected chi connectivity index (χ4v) is 3.12. The number of primary amides is 1. The summed E-state index contributed by atoms with van der Waals surface area (Å²) in [6, 6.07) is 0.276. The molecule has 0 aromatic carbocycles. The minimum atomic E-state index is -0.249. The van der Waals surface area contributed by atoms with Crippen molar-refractivity contribution in [2.45, 2.75) is 52.2 Å². The summed E-state index contributed by atoms with van der Waals surface area (Å²) in [6.07, 6.45) is 3.68. The van der Waals surface area contributed by atoms with Crippen molar-refractivity contribution in [2.24, 2.45) is 17.6 Å². The van der Waals surface area contributed by atoms with Crippen LogP contribution in [0.4, 0.5) is 0 Å². The second kappa shape index (κ2) is 5.69. The summed E-state index contributed by atoms with van der Waals surface area (Å²) in [5, 5.41) is 11.6. The topological polar surface area (TPSA) is 85.8 Å². The molecule has 1 fully saturated rings. The number of nitrogens with one attached hydrogen (secondary N) is 1. The molecule has 1 aromatic rings. The fraction of sp³-hybridized carbons (Fsp3) is 0.769.